The van der Waals surface area contributed by atoms with Crippen molar-refractivity contribution in [1.82, 2.24) is 24.1 Å². The number of pyridine rings is 1. The van der Waals surface area contributed by atoms with Gasteiger partial charge in [0.2, 0.25) is 0 Å². The predicted octanol–water partition coefficient (Wildman–Crippen LogP) is 1.89. The molecule has 4 heterocycles. The SMILES string of the molecule is Cn1ccn2ncc(C(=O)N(Cc3ccncc3)C[C@H]3CCCO3)c12. The zero-order chi connectivity index (χ0) is 17.2. The number of aromatic nitrogens is 4. The van der Waals surface area contributed by atoms with Gasteiger partial charge in [-0.1, -0.05) is 0 Å². The zero-order valence-corrected chi connectivity index (χ0v) is 14.2. The maximum atomic E-state index is 13.3. The maximum absolute atomic E-state index is 13.3. The fourth-order valence-corrected chi connectivity index (χ4v) is 3.33. The molecule has 0 unspecified atom stereocenters. The second-order valence-corrected chi connectivity index (χ2v) is 6.41. The van der Waals surface area contributed by atoms with Crippen LogP contribution in [0.1, 0.15) is 28.8 Å². The van der Waals surface area contributed by atoms with Gasteiger partial charge >= 0.3 is 0 Å². The number of rotatable bonds is 5. The van der Waals surface area contributed by atoms with Crippen molar-refractivity contribution in [3.63, 3.8) is 0 Å². The van der Waals surface area contributed by atoms with E-state index in [0.717, 1.165) is 30.7 Å². The molecular formula is C18H21N5O2. The van der Waals surface area contributed by atoms with Gasteiger partial charge in [-0.2, -0.15) is 5.10 Å². The summed E-state index contributed by atoms with van der Waals surface area (Å²) in [7, 11) is 1.92. The van der Waals surface area contributed by atoms with Crippen LogP contribution in [0.2, 0.25) is 0 Å². The minimum absolute atomic E-state index is 0.0240. The van der Waals surface area contributed by atoms with Crippen molar-refractivity contribution < 1.29 is 9.53 Å². The quantitative estimate of drug-likeness (QED) is 0.712. The largest absolute Gasteiger partial charge is 0.376 e. The Kier molecular flexibility index (Phi) is 4.23. The van der Waals surface area contributed by atoms with Gasteiger partial charge in [0.1, 0.15) is 11.2 Å². The van der Waals surface area contributed by atoms with E-state index in [4.69, 9.17) is 4.74 Å². The van der Waals surface area contributed by atoms with Crippen LogP contribution in [0.3, 0.4) is 0 Å². The minimum Gasteiger partial charge on any atom is -0.376 e. The minimum atomic E-state index is -0.0240. The number of carbonyl (C=O) groups excluding carboxylic acids is 1. The van der Waals surface area contributed by atoms with Gasteiger partial charge in [-0.3, -0.25) is 9.78 Å². The van der Waals surface area contributed by atoms with Crippen LogP contribution in [0.5, 0.6) is 0 Å². The van der Waals surface area contributed by atoms with E-state index in [1.54, 1.807) is 23.1 Å². The van der Waals surface area contributed by atoms with Gasteiger partial charge in [0.05, 0.1) is 12.3 Å². The normalized spacial score (nSPS) is 17.2. The summed E-state index contributed by atoms with van der Waals surface area (Å²) < 4.78 is 9.39. The molecule has 7 heteroatoms. The van der Waals surface area contributed by atoms with Crippen molar-refractivity contribution in [2.75, 3.05) is 13.2 Å². The summed E-state index contributed by atoms with van der Waals surface area (Å²) in [6, 6.07) is 3.87. The van der Waals surface area contributed by atoms with Gasteiger partial charge in [0.15, 0.2) is 0 Å². The van der Waals surface area contributed by atoms with Crippen LogP contribution < -0.4 is 0 Å². The van der Waals surface area contributed by atoms with Crippen molar-refractivity contribution in [3.8, 4) is 0 Å². The first kappa shape index (κ1) is 15.8. The molecule has 3 aromatic heterocycles. The van der Waals surface area contributed by atoms with Crippen LogP contribution in [0.25, 0.3) is 5.65 Å². The van der Waals surface area contributed by atoms with E-state index in [1.165, 1.54) is 0 Å². The lowest BCUT2D eigenvalue weighted by atomic mass is 10.1. The van der Waals surface area contributed by atoms with Crippen molar-refractivity contribution in [1.29, 1.82) is 0 Å². The van der Waals surface area contributed by atoms with Crippen molar-refractivity contribution >= 4 is 11.6 Å². The number of amides is 1. The third-order valence-electron chi connectivity index (χ3n) is 4.62. The number of ether oxygens (including phenoxy) is 1. The van der Waals surface area contributed by atoms with E-state index in [2.05, 4.69) is 10.1 Å². The van der Waals surface area contributed by atoms with E-state index in [0.29, 0.717) is 18.7 Å². The van der Waals surface area contributed by atoms with Crippen LogP contribution >= 0.6 is 0 Å². The Bertz CT molecular complexity index is 864. The number of imidazole rings is 1. The number of fused-ring (bicyclic) bond motifs is 1. The molecule has 0 spiro atoms. The van der Waals surface area contributed by atoms with E-state index in [-0.39, 0.29) is 12.0 Å². The Balaban J connectivity index is 1.63. The molecule has 1 atom stereocenters. The molecule has 3 aromatic rings. The first-order chi connectivity index (χ1) is 12.2. The Morgan fingerprint density at radius 1 is 1.36 bits per heavy atom. The lowest BCUT2D eigenvalue weighted by molar-refractivity contribution is 0.0508. The molecule has 7 nitrogen and oxygen atoms in total. The van der Waals surface area contributed by atoms with Gasteiger partial charge in [0, 0.05) is 51.5 Å². The molecule has 25 heavy (non-hydrogen) atoms. The topological polar surface area (TPSA) is 64.7 Å². The summed E-state index contributed by atoms with van der Waals surface area (Å²) in [5.74, 6) is -0.0240. The van der Waals surface area contributed by atoms with Crippen molar-refractivity contribution in [2.45, 2.75) is 25.5 Å². The van der Waals surface area contributed by atoms with Crippen LogP contribution in [-0.4, -0.2) is 49.2 Å². The first-order valence-electron chi connectivity index (χ1n) is 8.51. The number of carbonyl (C=O) groups is 1. The number of hydrogen-bond donors (Lipinski definition) is 0. The van der Waals surface area contributed by atoms with Gasteiger partial charge in [-0.05, 0) is 30.5 Å². The lowest BCUT2D eigenvalue weighted by Gasteiger charge is -2.25. The summed E-state index contributed by atoms with van der Waals surface area (Å²) in [5, 5.41) is 4.29. The van der Waals surface area contributed by atoms with Gasteiger partial charge in [0.25, 0.3) is 5.91 Å². The van der Waals surface area contributed by atoms with Crippen molar-refractivity contribution in [2.24, 2.45) is 7.05 Å². The smallest absolute Gasteiger partial charge is 0.259 e. The van der Waals surface area contributed by atoms with Crippen molar-refractivity contribution in [3.05, 3.63) is 54.2 Å². The van der Waals surface area contributed by atoms with Crippen LogP contribution in [0.4, 0.5) is 0 Å². The Morgan fingerprint density at radius 2 is 2.20 bits per heavy atom. The van der Waals surface area contributed by atoms with E-state index >= 15 is 0 Å². The number of hydrogen-bond acceptors (Lipinski definition) is 4. The molecule has 0 bridgehead atoms. The molecule has 130 valence electrons. The number of nitrogens with zero attached hydrogens (tertiary/aromatic N) is 5. The Hall–Kier alpha value is -2.67. The molecule has 0 saturated carbocycles. The third-order valence-corrected chi connectivity index (χ3v) is 4.62. The molecule has 1 saturated heterocycles. The monoisotopic (exact) mass is 339 g/mol. The molecule has 4 rings (SSSR count). The third kappa shape index (κ3) is 3.15. The highest BCUT2D eigenvalue weighted by Gasteiger charge is 2.26. The fraction of sp³-hybridized carbons (Fsp3) is 0.389. The molecule has 1 fully saturated rings. The van der Waals surface area contributed by atoms with Gasteiger partial charge < -0.3 is 14.2 Å². The highest BCUT2D eigenvalue weighted by molar-refractivity contribution is 5.99. The second-order valence-electron chi connectivity index (χ2n) is 6.41. The zero-order valence-electron chi connectivity index (χ0n) is 14.2. The summed E-state index contributed by atoms with van der Waals surface area (Å²) in [4.78, 5) is 19.2. The number of aryl methyl sites for hydroxylation is 1. The average Bonchev–Trinajstić information content (AvgIpc) is 3.35. The molecule has 0 radical (unpaired) electrons. The Morgan fingerprint density at radius 3 is 2.96 bits per heavy atom. The summed E-state index contributed by atoms with van der Waals surface area (Å²) in [5.41, 5.74) is 2.47. The van der Waals surface area contributed by atoms with Crippen LogP contribution in [0, 0.1) is 0 Å². The van der Waals surface area contributed by atoms with Crippen LogP contribution in [0.15, 0.2) is 43.1 Å². The standard InChI is InChI=1S/C18H21N5O2/c1-21-8-9-23-17(21)16(11-20-23)18(24)22(13-15-3-2-10-25-15)12-14-4-6-19-7-5-14/h4-9,11,15H,2-3,10,12-13H2,1H3/t15-/m1/s1. The summed E-state index contributed by atoms with van der Waals surface area (Å²) >= 11 is 0. The first-order valence-corrected chi connectivity index (χ1v) is 8.51. The molecular weight excluding hydrogens is 318 g/mol. The molecule has 0 N–H and O–H groups in total. The maximum Gasteiger partial charge on any atom is 0.259 e. The summed E-state index contributed by atoms with van der Waals surface area (Å²) in [6.45, 7) is 1.89. The van der Waals surface area contributed by atoms with E-state index in [9.17, 15) is 4.79 Å². The molecule has 0 aliphatic carbocycles. The van der Waals surface area contributed by atoms with E-state index in [1.807, 2.05) is 41.0 Å². The second kappa shape index (κ2) is 6.68. The highest BCUT2D eigenvalue weighted by Crippen LogP contribution is 2.19. The predicted molar refractivity (Wildman–Crippen MR) is 92.1 cm³/mol. The van der Waals surface area contributed by atoms with Gasteiger partial charge in [-0.15, -0.1) is 0 Å². The molecule has 1 aliphatic rings. The fourth-order valence-electron chi connectivity index (χ4n) is 3.33. The molecule has 1 amide bonds. The highest BCUT2D eigenvalue weighted by atomic mass is 16.5. The lowest BCUT2D eigenvalue weighted by Crippen LogP contribution is -2.37. The van der Waals surface area contributed by atoms with E-state index < -0.39 is 0 Å². The summed E-state index contributed by atoms with van der Waals surface area (Å²) in [6.07, 6.45) is 11.0. The van der Waals surface area contributed by atoms with Gasteiger partial charge in [-0.25, -0.2) is 4.52 Å². The molecule has 0 aromatic carbocycles. The Labute approximate surface area is 145 Å². The average molecular weight is 339 g/mol. The van der Waals surface area contributed by atoms with Crippen LogP contribution in [-0.2, 0) is 18.3 Å². The molecule has 1 aliphatic heterocycles.